The van der Waals surface area contributed by atoms with Crippen molar-refractivity contribution < 1.29 is 9.47 Å². The first-order valence-electron chi connectivity index (χ1n) is 6.15. The van der Waals surface area contributed by atoms with Crippen molar-refractivity contribution in [3.63, 3.8) is 0 Å². The Bertz CT molecular complexity index is 794. The fraction of sp³-hybridized carbons (Fsp3) is 0.143. The Morgan fingerprint density at radius 1 is 1.05 bits per heavy atom. The van der Waals surface area contributed by atoms with Gasteiger partial charge in [-0.15, -0.1) is 10.2 Å². The first kappa shape index (κ1) is 13.5. The first-order valence-corrected chi connectivity index (χ1v) is 6.53. The summed E-state index contributed by atoms with van der Waals surface area (Å²) in [6, 6.07) is 7.11. The summed E-state index contributed by atoms with van der Waals surface area (Å²) in [4.78, 5) is 0. The minimum Gasteiger partial charge on any atom is -0.497 e. The molecule has 2 N–H and O–H groups in total. The number of hydrogen-bond acceptors (Lipinski definition) is 5. The molecule has 0 unspecified atom stereocenters. The van der Waals surface area contributed by atoms with E-state index in [1.807, 2.05) is 12.1 Å². The standard InChI is InChI=1S/C14H13ClN4O2/c1-20-10-3-8(4-11(6-10)21-2)13-17-18-14-12(16)5-9(15)7-19(13)14/h3-7H,16H2,1-2H3. The fourth-order valence-corrected chi connectivity index (χ4v) is 2.33. The van der Waals surface area contributed by atoms with Gasteiger partial charge < -0.3 is 15.2 Å². The van der Waals surface area contributed by atoms with Gasteiger partial charge in [-0.3, -0.25) is 4.40 Å². The van der Waals surface area contributed by atoms with Gasteiger partial charge in [-0.2, -0.15) is 0 Å². The van der Waals surface area contributed by atoms with E-state index >= 15 is 0 Å². The Kier molecular flexibility index (Phi) is 3.31. The smallest absolute Gasteiger partial charge is 0.184 e. The molecule has 0 saturated carbocycles. The van der Waals surface area contributed by atoms with Crippen LogP contribution < -0.4 is 15.2 Å². The van der Waals surface area contributed by atoms with Crippen LogP contribution in [0, 0.1) is 0 Å². The quantitative estimate of drug-likeness (QED) is 0.805. The monoisotopic (exact) mass is 304 g/mol. The number of ether oxygens (including phenoxy) is 2. The molecule has 6 nitrogen and oxygen atoms in total. The number of methoxy groups -OCH3 is 2. The Labute approximate surface area is 126 Å². The molecule has 3 rings (SSSR count). The highest BCUT2D eigenvalue weighted by atomic mass is 35.5. The minimum absolute atomic E-state index is 0.469. The van der Waals surface area contributed by atoms with E-state index in [2.05, 4.69) is 10.2 Å². The summed E-state index contributed by atoms with van der Waals surface area (Å²) < 4.78 is 12.3. The highest BCUT2D eigenvalue weighted by Crippen LogP contribution is 2.30. The number of hydrogen-bond donors (Lipinski definition) is 1. The second-order valence-electron chi connectivity index (χ2n) is 4.43. The zero-order chi connectivity index (χ0) is 15.0. The normalized spacial score (nSPS) is 10.8. The zero-order valence-corrected chi connectivity index (χ0v) is 12.3. The molecule has 0 aliphatic rings. The molecule has 7 heteroatoms. The van der Waals surface area contributed by atoms with Gasteiger partial charge >= 0.3 is 0 Å². The van der Waals surface area contributed by atoms with Crippen molar-refractivity contribution in [2.45, 2.75) is 0 Å². The lowest BCUT2D eigenvalue weighted by Gasteiger charge is -2.08. The molecule has 2 aromatic heterocycles. The Hall–Kier alpha value is -2.47. The number of anilines is 1. The van der Waals surface area contributed by atoms with Gasteiger partial charge in [0.15, 0.2) is 11.5 Å². The summed E-state index contributed by atoms with van der Waals surface area (Å²) in [6.45, 7) is 0. The maximum absolute atomic E-state index is 6.05. The molecule has 21 heavy (non-hydrogen) atoms. The van der Waals surface area contributed by atoms with Gasteiger partial charge in [-0.05, 0) is 18.2 Å². The molecule has 1 aromatic carbocycles. The van der Waals surface area contributed by atoms with Gasteiger partial charge in [-0.1, -0.05) is 11.6 Å². The minimum atomic E-state index is 0.469. The lowest BCUT2D eigenvalue weighted by atomic mass is 10.2. The van der Waals surface area contributed by atoms with Crippen LogP contribution in [0.25, 0.3) is 17.0 Å². The van der Waals surface area contributed by atoms with Crippen LogP contribution in [0.2, 0.25) is 5.02 Å². The summed E-state index contributed by atoms with van der Waals surface area (Å²) in [5.74, 6) is 1.93. The average molecular weight is 305 g/mol. The maximum atomic E-state index is 6.05. The molecule has 0 spiro atoms. The van der Waals surface area contributed by atoms with Crippen molar-refractivity contribution in [2.24, 2.45) is 0 Å². The lowest BCUT2D eigenvalue weighted by Crippen LogP contribution is -1.95. The molecule has 0 fully saturated rings. The van der Waals surface area contributed by atoms with Crippen molar-refractivity contribution in [1.29, 1.82) is 0 Å². The topological polar surface area (TPSA) is 74.7 Å². The Balaban J connectivity index is 2.25. The number of pyridine rings is 1. The molecule has 0 radical (unpaired) electrons. The van der Waals surface area contributed by atoms with Crippen LogP contribution >= 0.6 is 11.6 Å². The van der Waals surface area contributed by atoms with E-state index in [-0.39, 0.29) is 0 Å². The number of benzene rings is 1. The van der Waals surface area contributed by atoms with E-state index < -0.39 is 0 Å². The van der Waals surface area contributed by atoms with Crippen molar-refractivity contribution >= 4 is 22.9 Å². The van der Waals surface area contributed by atoms with Gasteiger partial charge in [0.25, 0.3) is 0 Å². The molecule has 0 atom stereocenters. The van der Waals surface area contributed by atoms with Gasteiger partial charge in [0.05, 0.1) is 24.9 Å². The largest absolute Gasteiger partial charge is 0.497 e. The predicted molar refractivity (Wildman–Crippen MR) is 80.9 cm³/mol. The SMILES string of the molecule is COc1cc(OC)cc(-c2nnc3c(N)cc(Cl)cn23)c1. The number of halogens is 1. The molecule has 0 amide bonds. The van der Waals surface area contributed by atoms with Gasteiger partial charge in [0.1, 0.15) is 11.5 Å². The summed E-state index contributed by atoms with van der Waals surface area (Å²) >= 11 is 6.05. The molecule has 0 saturated heterocycles. The third kappa shape index (κ3) is 2.34. The van der Waals surface area contributed by atoms with Crippen LogP contribution in [0.4, 0.5) is 5.69 Å². The Morgan fingerprint density at radius 3 is 2.33 bits per heavy atom. The number of fused-ring (bicyclic) bond motifs is 1. The van der Waals surface area contributed by atoms with E-state index in [1.165, 1.54) is 0 Å². The average Bonchev–Trinajstić information content (AvgIpc) is 2.90. The highest BCUT2D eigenvalue weighted by Gasteiger charge is 2.13. The van der Waals surface area contributed by atoms with Crippen molar-refractivity contribution in [3.05, 3.63) is 35.5 Å². The number of nitrogen functional groups attached to an aromatic ring is 1. The van der Waals surface area contributed by atoms with E-state index in [0.29, 0.717) is 33.7 Å². The van der Waals surface area contributed by atoms with Crippen LogP contribution in [0.3, 0.4) is 0 Å². The molecule has 3 aromatic rings. The number of aromatic nitrogens is 3. The number of rotatable bonds is 3. The van der Waals surface area contributed by atoms with Gasteiger partial charge in [0.2, 0.25) is 0 Å². The molecule has 2 heterocycles. The second kappa shape index (κ2) is 5.14. The molecular formula is C14H13ClN4O2. The third-order valence-corrected chi connectivity index (χ3v) is 3.32. The molecular weight excluding hydrogens is 292 g/mol. The third-order valence-electron chi connectivity index (χ3n) is 3.11. The van der Waals surface area contributed by atoms with Crippen molar-refractivity contribution in [1.82, 2.24) is 14.6 Å². The van der Waals surface area contributed by atoms with Gasteiger partial charge in [-0.25, -0.2) is 0 Å². The highest BCUT2D eigenvalue weighted by molar-refractivity contribution is 6.30. The van der Waals surface area contributed by atoms with Crippen molar-refractivity contribution in [2.75, 3.05) is 20.0 Å². The first-order chi connectivity index (χ1) is 10.1. The van der Waals surface area contributed by atoms with E-state index in [0.717, 1.165) is 5.56 Å². The number of nitrogens with zero attached hydrogens (tertiary/aromatic N) is 3. The van der Waals surface area contributed by atoms with E-state index in [9.17, 15) is 0 Å². The van der Waals surface area contributed by atoms with Crippen LogP contribution in [0.15, 0.2) is 30.5 Å². The molecule has 0 aliphatic carbocycles. The van der Waals surface area contributed by atoms with E-state index in [4.69, 9.17) is 26.8 Å². The molecule has 0 aliphatic heterocycles. The molecule has 108 valence electrons. The summed E-state index contributed by atoms with van der Waals surface area (Å²) in [6.07, 6.45) is 1.72. The number of nitrogens with two attached hydrogens (primary N) is 1. The maximum Gasteiger partial charge on any atom is 0.184 e. The van der Waals surface area contributed by atoms with Crippen molar-refractivity contribution in [3.8, 4) is 22.9 Å². The van der Waals surface area contributed by atoms with Crippen LogP contribution in [0.5, 0.6) is 11.5 Å². The van der Waals surface area contributed by atoms with E-state index in [1.54, 1.807) is 36.9 Å². The van der Waals surface area contributed by atoms with Crippen LogP contribution in [-0.2, 0) is 0 Å². The van der Waals surface area contributed by atoms with Crippen LogP contribution in [-0.4, -0.2) is 28.8 Å². The summed E-state index contributed by atoms with van der Waals surface area (Å²) in [5, 5.41) is 8.79. The summed E-state index contributed by atoms with van der Waals surface area (Å²) in [5.41, 5.74) is 7.72. The van der Waals surface area contributed by atoms with Gasteiger partial charge in [0, 0.05) is 17.8 Å². The fourth-order valence-electron chi connectivity index (χ4n) is 2.12. The van der Waals surface area contributed by atoms with Crippen LogP contribution in [0.1, 0.15) is 0 Å². The molecule has 0 bridgehead atoms. The summed E-state index contributed by atoms with van der Waals surface area (Å²) in [7, 11) is 3.19. The Morgan fingerprint density at radius 2 is 1.71 bits per heavy atom. The lowest BCUT2D eigenvalue weighted by molar-refractivity contribution is 0.394. The zero-order valence-electron chi connectivity index (χ0n) is 11.5. The second-order valence-corrected chi connectivity index (χ2v) is 4.87. The predicted octanol–water partition coefficient (Wildman–Crippen LogP) is 2.65.